The molecule has 0 saturated carbocycles. The number of carboxylic acid groups (broad SMARTS) is 1. The van der Waals surface area contributed by atoms with Gasteiger partial charge in [-0.15, -0.1) is 0 Å². The third-order valence-corrected chi connectivity index (χ3v) is 3.46. The average molecular weight is 253 g/mol. The van der Waals surface area contributed by atoms with Gasteiger partial charge in [0.1, 0.15) is 6.04 Å². The van der Waals surface area contributed by atoms with Crippen molar-refractivity contribution in [2.75, 3.05) is 16.8 Å². The predicted molar refractivity (Wildman–Crippen MR) is 73.8 cm³/mol. The molecular formula is C13H19NO2S. The molecule has 0 aromatic heterocycles. The van der Waals surface area contributed by atoms with E-state index < -0.39 is 12.0 Å². The van der Waals surface area contributed by atoms with Crippen molar-refractivity contribution in [3.05, 3.63) is 29.8 Å². The molecule has 0 fully saturated rings. The molecule has 0 saturated heterocycles. The van der Waals surface area contributed by atoms with Gasteiger partial charge in [0, 0.05) is 5.69 Å². The summed E-state index contributed by atoms with van der Waals surface area (Å²) in [5.41, 5.74) is 1.98. The Morgan fingerprint density at radius 1 is 1.47 bits per heavy atom. The summed E-state index contributed by atoms with van der Waals surface area (Å²) < 4.78 is 0. The SMILES string of the molecule is CCSCCC(Nc1ccccc1C)C(=O)O. The van der Waals surface area contributed by atoms with Crippen LogP contribution < -0.4 is 5.32 Å². The van der Waals surface area contributed by atoms with Gasteiger partial charge in [0.2, 0.25) is 0 Å². The van der Waals surface area contributed by atoms with Crippen molar-refractivity contribution in [2.45, 2.75) is 26.3 Å². The van der Waals surface area contributed by atoms with Crippen LogP contribution >= 0.6 is 11.8 Å². The molecular weight excluding hydrogens is 234 g/mol. The van der Waals surface area contributed by atoms with Gasteiger partial charge in [-0.05, 0) is 36.5 Å². The van der Waals surface area contributed by atoms with Crippen LogP contribution in [0.2, 0.25) is 0 Å². The quantitative estimate of drug-likeness (QED) is 0.733. The third-order valence-electron chi connectivity index (χ3n) is 2.53. The van der Waals surface area contributed by atoms with E-state index in [1.165, 1.54) is 0 Å². The van der Waals surface area contributed by atoms with Crippen LogP contribution in [0.5, 0.6) is 0 Å². The number of hydrogen-bond donors (Lipinski definition) is 2. The predicted octanol–water partition coefficient (Wildman–Crippen LogP) is 3.00. The molecule has 1 unspecified atom stereocenters. The second-order valence-corrected chi connectivity index (χ2v) is 5.23. The van der Waals surface area contributed by atoms with Gasteiger partial charge in [0.05, 0.1) is 0 Å². The van der Waals surface area contributed by atoms with Crippen molar-refractivity contribution in [2.24, 2.45) is 0 Å². The van der Waals surface area contributed by atoms with Crippen LogP contribution in [0.1, 0.15) is 18.9 Å². The molecule has 0 aliphatic carbocycles. The molecule has 1 aromatic rings. The molecule has 1 rings (SSSR count). The smallest absolute Gasteiger partial charge is 0.326 e. The van der Waals surface area contributed by atoms with Crippen molar-refractivity contribution in [3.8, 4) is 0 Å². The van der Waals surface area contributed by atoms with Crippen molar-refractivity contribution in [3.63, 3.8) is 0 Å². The molecule has 0 amide bonds. The Labute approximate surface area is 107 Å². The first kappa shape index (κ1) is 13.9. The van der Waals surface area contributed by atoms with Gasteiger partial charge in [-0.1, -0.05) is 25.1 Å². The van der Waals surface area contributed by atoms with Gasteiger partial charge in [-0.2, -0.15) is 11.8 Å². The van der Waals surface area contributed by atoms with E-state index in [-0.39, 0.29) is 0 Å². The molecule has 4 heteroatoms. The van der Waals surface area contributed by atoms with Gasteiger partial charge in [-0.3, -0.25) is 0 Å². The topological polar surface area (TPSA) is 49.3 Å². The lowest BCUT2D eigenvalue weighted by molar-refractivity contribution is -0.137. The van der Waals surface area contributed by atoms with Gasteiger partial charge in [-0.25, -0.2) is 4.79 Å². The number of rotatable bonds is 7. The lowest BCUT2D eigenvalue weighted by Crippen LogP contribution is -2.30. The van der Waals surface area contributed by atoms with Crippen LogP contribution in [0.25, 0.3) is 0 Å². The van der Waals surface area contributed by atoms with E-state index in [0.717, 1.165) is 22.8 Å². The van der Waals surface area contributed by atoms with Crippen molar-refractivity contribution >= 4 is 23.4 Å². The number of benzene rings is 1. The Morgan fingerprint density at radius 2 is 2.18 bits per heavy atom. The summed E-state index contributed by atoms with van der Waals surface area (Å²) in [6.45, 7) is 4.05. The Hall–Kier alpha value is -1.16. The van der Waals surface area contributed by atoms with Gasteiger partial charge >= 0.3 is 5.97 Å². The van der Waals surface area contributed by atoms with E-state index in [1.54, 1.807) is 11.8 Å². The number of thioether (sulfide) groups is 1. The third kappa shape index (κ3) is 4.69. The van der Waals surface area contributed by atoms with Crippen LogP contribution in [0.4, 0.5) is 5.69 Å². The lowest BCUT2D eigenvalue weighted by Gasteiger charge is -2.17. The minimum atomic E-state index is -0.787. The average Bonchev–Trinajstić information content (AvgIpc) is 2.30. The first-order chi connectivity index (χ1) is 8.15. The highest BCUT2D eigenvalue weighted by molar-refractivity contribution is 7.99. The summed E-state index contributed by atoms with van der Waals surface area (Å²) in [6.07, 6.45) is 0.641. The summed E-state index contributed by atoms with van der Waals surface area (Å²) in [5.74, 6) is 1.10. The van der Waals surface area contributed by atoms with E-state index in [0.29, 0.717) is 6.42 Å². The summed E-state index contributed by atoms with van der Waals surface area (Å²) in [5, 5.41) is 12.2. The zero-order chi connectivity index (χ0) is 12.7. The number of carbonyl (C=O) groups is 1. The van der Waals surface area contributed by atoms with Crippen molar-refractivity contribution in [1.82, 2.24) is 0 Å². The molecule has 0 bridgehead atoms. The van der Waals surface area contributed by atoms with E-state index in [2.05, 4.69) is 12.2 Å². The molecule has 0 aliphatic heterocycles. The molecule has 17 heavy (non-hydrogen) atoms. The number of carboxylic acids is 1. The highest BCUT2D eigenvalue weighted by atomic mass is 32.2. The second kappa shape index (κ2) is 7.22. The fraction of sp³-hybridized carbons (Fsp3) is 0.462. The Kier molecular flexibility index (Phi) is 5.91. The minimum Gasteiger partial charge on any atom is -0.480 e. The fourth-order valence-electron chi connectivity index (χ4n) is 1.53. The van der Waals surface area contributed by atoms with Crippen molar-refractivity contribution < 1.29 is 9.90 Å². The zero-order valence-corrected chi connectivity index (χ0v) is 11.1. The first-order valence-electron chi connectivity index (χ1n) is 5.78. The summed E-state index contributed by atoms with van der Waals surface area (Å²) in [4.78, 5) is 11.1. The molecule has 94 valence electrons. The standard InChI is InChI=1S/C13H19NO2S/c1-3-17-9-8-12(13(15)16)14-11-7-5-4-6-10(11)2/h4-7,12,14H,3,8-9H2,1-2H3,(H,15,16). The van der Waals surface area contributed by atoms with Gasteiger partial charge in [0.25, 0.3) is 0 Å². The summed E-state index contributed by atoms with van der Waals surface area (Å²) in [7, 11) is 0. The van der Waals surface area contributed by atoms with Crippen LogP contribution in [-0.4, -0.2) is 28.6 Å². The van der Waals surface area contributed by atoms with E-state index in [4.69, 9.17) is 5.11 Å². The van der Waals surface area contributed by atoms with E-state index in [9.17, 15) is 4.79 Å². The maximum Gasteiger partial charge on any atom is 0.326 e. The lowest BCUT2D eigenvalue weighted by atomic mass is 10.1. The molecule has 0 heterocycles. The normalized spacial score (nSPS) is 12.1. The molecule has 0 aliphatic rings. The Bertz CT molecular complexity index is 368. The number of anilines is 1. The van der Waals surface area contributed by atoms with Gasteiger partial charge < -0.3 is 10.4 Å². The number of aryl methyl sites for hydroxylation is 1. The maximum absolute atomic E-state index is 11.1. The minimum absolute atomic E-state index is 0.504. The number of para-hydroxylation sites is 1. The monoisotopic (exact) mass is 253 g/mol. The van der Waals surface area contributed by atoms with E-state index in [1.807, 2.05) is 31.2 Å². The molecule has 1 atom stereocenters. The second-order valence-electron chi connectivity index (χ2n) is 3.84. The highest BCUT2D eigenvalue weighted by Gasteiger charge is 2.17. The fourth-order valence-corrected chi connectivity index (χ4v) is 2.22. The maximum atomic E-state index is 11.1. The summed E-state index contributed by atoms with van der Waals surface area (Å²) in [6, 6.07) is 7.24. The van der Waals surface area contributed by atoms with Crippen LogP contribution in [-0.2, 0) is 4.79 Å². The van der Waals surface area contributed by atoms with Crippen LogP contribution in [0, 0.1) is 6.92 Å². The van der Waals surface area contributed by atoms with Gasteiger partial charge in [0.15, 0.2) is 0 Å². The Morgan fingerprint density at radius 3 is 2.76 bits per heavy atom. The molecule has 2 N–H and O–H groups in total. The van der Waals surface area contributed by atoms with Crippen LogP contribution in [0.3, 0.4) is 0 Å². The number of aliphatic carboxylic acids is 1. The zero-order valence-electron chi connectivity index (χ0n) is 10.3. The highest BCUT2D eigenvalue weighted by Crippen LogP contribution is 2.16. The number of nitrogens with one attached hydrogen (secondary N) is 1. The summed E-state index contributed by atoms with van der Waals surface area (Å²) >= 11 is 1.77. The first-order valence-corrected chi connectivity index (χ1v) is 6.93. The van der Waals surface area contributed by atoms with E-state index >= 15 is 0 Å². The Balaban J connectivity index is 2.61. The molecule has 3 nitrogen and oxygen atoms in total. The van der Waals surface area contributed by atoms with Crippen LogP contribution in [0.15, 0.2) is 24.3 Å². The molecule has 1 aromatic carbocycles. The largest absolute Gasteiger partial charge is 0.480 e. The molecule has 0 radical (unpaired) electrons. The van der Waals surface area contributed by atoms with Crippen molar-refractivity contribution in [1.29, 1.82) is 0 Å². The molecule has 0 spiro atoms. The number of hydrogen-bond acceptors (Lipinski definition) is 3.